The summed E-state index contributed by atoms with van der Waals surface area (Å²) in [6, 6.07) is 5.83. The largest absolute Gasteiger partial charge is 0.466 e. The Morgan fingerprint density at radius 2 is 2.24 bits per heavy atom. The number of aliphatic imine (C=N–C) groups is 1. The number of methoxy groups -OCH3 is 1. The highest BCUT2D eigenvalue weighted by molar-refractivity contribution is 6.03. The number of esters is 1. The predicted molar refractivity (Wildman–Crippen MR) is 67.1 cm³/mol. The van der Waals surface area contributed by atoms with Crippen molar-refractivity contribution >= 4 is 23.6 Å². The number of amidine groups is 1. The lowest BCUT2D eigenvalue weighted by Crippen LogP contribution is -2.15. The maximum absolute atomic E-state index is 11.6. The van der Waals surface area contributed by atoms with Gasteiger partial charge in [0.05, 0.1) is 12.8 Å². The zero-order valence-corrected chi connectivity index (χ0v) is 9.86. The fraction of sp³-hybridized carbons (Fsp3) is 0.231. The Labute approximate surface area is 99.8 Å². The third-order valence-corrected chi connectivity index (χ3v) is 2.60. The Kier molecular flexibility index (Phi) is 2.95. The number of carbonyl (C=O) groups is 1. The van der Waals surface area contributed by atoms with Crippen LogP contribution in [-0.2, 0) is 9.53 Å². The van der Waals surface area contributed by atoms with Gasteiger partial charge in [0.15, 0.2) is 0 Å². The van der Waals surface area contributed by atoms with Gasteiger partial charge < -0.3 is 10.5 Å². The van der Waals surface area contributed by atoms with Crippen LogP contribution in [-0.4, -0.2) is 18.9 Å². The predicted octanol–water partition coefficient (Wildman–Crippen LogP) is 1.94. The summed E-state index contributed by atoms with van der Waals surface area (Å²) >= 11 is 0. The van der Waals surface area contributed by atoms with E-state index in [1.165, 1.54) is 7.11 Å². The SMILES string of the molecule is COC(=O)C1=Cc2cc(C)ccc2N=C(N)C1. The summed E-state index contributed by atoms with van der Waals surface area (Å²) in [5.41, 5.74) is 9.09. The molecular weight excluding hydrogens is 216 g/mol. The quantitative estimate of drug-likeness (QED) is 0.750. The fourth-order valence-corrected chi connectivity index (χ4v) is 1.78. The van der Waals surface area contributed by atoms with Crippen molar-refractivity contribution < 1.29 is 9.53 Å². The number of rotatable bonds is 1. The molecular formula is C13H14N2O2. The number of hydrogen-bond donors (Lipinski definition) is 1. The van der Waals surface area contributed by atoms with Crippen molar-refractivity contribution in [1.82, 2.24) is 0 Å². The number of hydrogen-bond acceptors (Lipinski definition) is 4. The number of nitrogens with two attached hydrogens (primary N) is 1. The van der Waals surface area contributed by atoms with Gasteiger partial charge in [0, 0.05) is 17.6 Å². The van der Waals surface area contributed by atoms with Crippen molar-refractivity contribution in [1.29, 1.82) is 0 Å². The highest BCUT2D eigenvalue weighted by atomic mass is 16.5. The number of fused-ring (bicyclic) bond motifs is 1. The van der Waals surface area contributed by atoms with Crippen LogP contribution in [0.25, 0.3) is 6.08 Å². The minimum atomic E-state index is -0.363. The lowest BCUT2D eigenvalue weighted by Gasteiger charge is -2.02. The van der Waals surface area contributed by atoms with Gasteiger partial charge in [-0.1, -0.05) is 11.6 Å². The molecule has 2 rings (SSSR count). The van der Waals surface area contributed by atoms with Crippen LogP contribution < -0.4 is 5.73 Å². The molecule has 1 heterocycles. The lowest BCUT2D eigenvalue weighted by atomic mass is 10.1. The van der Waals surface area contributed by atoms with Crippen LogP contribution in [0.3, 0.4) is 0 Å². The lowest BCUT2D eigenvalue weighted by molar-refractivity contribution is -0.136. The Bertz CT molecular complexity index is 530. The van der Waals surface area contributed by atoms with Gasteiger partial charge in [-0.25, -0.2) is 9.79 Å². The summed E-state index contributed by atoms with van der Waals surface area (Å²) in [5.74, 6) is 0.0572. The van der Waals surface area contributed by atoms with E-state index in [4.69, 9.17) is 10.5 Å². The molecule has 2 N–H and O–H groups in total. The number of aryl methyl sites for hydroxylation is 1. The van der Waals surface area contributed by atoms with E-state index >= 15 is 0 Å². The molecule has 0 fully saturated rings. The summed E-state index contributed by atoms with van der Waals surface area (Å²) < 4.78 is 4.72. The van der Waals surface area contributed by atoms with Gasteiger partial charge in [0.1, 0.15) is 5.84 Å². The van der Waals surface area contributed by atoms with Crippen LogP contribution in [0.5, 0.6) is 0 Å². The van der Waals surface area contributed by atoms with E-state index < -0.39 is 0 Å². The molecule has 1 aliphatic rings. The zero-order chi connectivity index (χ0) is 12.4. The second-order valence-corrected chi connectivity index (χ2v) is 4.00. The standard InChI is InChI=1S/C13H14N2O2/c1-8-3-4-11-9(5-8)6-10(13(16)17-2)7-12(14)15-11/h3-6H,7H2,1-2H3,(H2,14,15). The molecule has 0 aromatic heterocycles. The summed E-state index contributed by atoms with van der Waals surface area (Å²) in [4.78, 5) is 15.8. The van der Waals surface area contributed by atoms with Gasteiger partial charge >= 0.3 is 5.97 Å². The van der Waals surface area contributed by atoms with Crippen LogP contribution in [0.15, 0.2) is 28.8 Å². The molecule has 4 nitrogen and oxygen atoms in total. The van der Waals surface area contributed by atoms with Gasteiger partial charge in [-0.3, -0.25) is 0 Å². The van der Waals surface area contributed by atoms with E-state index in [-0.39, 0.29) is 5.97 Å². The number of nitrogens with zero attached hydrogens (tertiary/aromatic N) is 1. The second-order valence-electron chi connectivity index (χ2n) is 4.00. The molecule has 4 heteroatoms. The topological polar surface area (TPSA) is 64.7 Å². The molecule has 1 aliphatic heterocycles. The number of ether oxygens (including phenoxy) is 1. The normalized spacial score (nSPS) is 14.2. The highest BCUT2D eigenvalue weighted by Crippen LogP contribution is 2.27. The van der Waals surface area contributed by atoms with Crippen LogP contribution in [0.2, 0.25) is 0 Å². The highest BCUT2D eigenvalue weighted by Gasteiger charge is 2.16. The third-order valence-electron chi connectivity index (χ3n) is 2.60. The first-order chi connectivity index (χ1) is 8.10. The van der Waals surface area contributed by atoms with Crippen LogP contribution in [0.1, 0.15) is 17.5 Å². The molecule has 0 spiro atoms. The molecule has 0 bridgehead atoms. The van der Waals surface area contributed by atoms with Crippen LogP contribution in [0, 0.1) is 6.92 Å². The monoisotopic (exact) mass is 230 g/mol. The number of benzene rings is 1. The van der Waals surface area contributed by atoms with E-state index in [2.05, 4.69) is 4.99 Å². The minimum Gasteiger partial charge on any atom is -0.466 e. The second kappa shape index (κ2) is 4.41. The molecule has 88 valence electrons. The van der Waals surface area contributed by atoms with Gasteiger partial charge in [-0.2, -0.15) is 0 Å². The molecule has 1 aromatic carbocycles. The van der Waals surface area contributed by atoms with Gasteiger partial charge in [0.25, 0.3) is 0 Å². The molecule has 0 aliphatic carbocycles. The van der Waals surface area contributed by atoms with Crippen molar-refractivity contribution in [3.05, 3.63) is 34.9 Å². The fourth-order valence-electron chi connectivity index (χ4n) is 1.78. The Morgan fingerprint density at radius 3 is 2.94 bits per heavy atom. The first-order valence-corrected chi connectivity index (χ1v) is 5.32. The van der Waals surface area contributed by atoms with Crippen molar-refractivity contribution in [3.63, 3.8) is 0 Å². The molecule has 1 aromatic rings. The first kappa shape index (κ1) is 11.4. The van der Waals surface area contributed by atoms with Crippen molar-refractivity contribution in [2.45, 2.75) is 13.3 Å². The summed E-state index contributed by atoms with van der Waals surface area (Å²) in [6.45, 7) is 1.99. The van der Waals surface area contributed by atoms with E-state index in [1.807, 2.05) is 25.1 Å². The minimum absolute atomic E-state index is 0.320. The Balaban J connectivity index is 2.55. The molecule has 17 heavy (non-hydrogen) atoms. The Hall–Kier alpha value is -2.10. The maximum Gasteiger partial charge on any atom is 0.334 e. The molecule has 0 atom stereocenters. The summed E-state index contributed by atoms with van der Waals surface area (Å²) in [6.07, 6.45) is 2.11. The average Bonchev–Trinajstić information content (AvgIpc) is 2.46. The van der Waals surface area contributed by atoms with E-state index in [0.29, 0.717) is 17.8 Å². The first-order valence-electron chi connectivity index (χ1n) is 5.32. The third kappa shape index (κ3) is 2.36. The Morgan fingerprint density at radius 1 is 1.47 bits per heavy atom. The molecule has 0 unspecified atom stereocenters. The molecule has 0 saturated heterocycles. The molecule has 0 radical (unpaired) electrons. The van der Waals surface area contributed by atoms with Crippen LogP contribution >= 0.6 is 0 Å². The average molecular weight is 230 g/mol. The van der Waals surface area contributed by atoms with Crippen LogP contribution in [0.4, 0.5) is 5.69 Å². The maximum atomic E-state index is 11.6. The smallest absolute Gasteiger partial charge is 0.334 e. The van der Waals surface area contributed by atoms with E-state index in [0.717, 1.165) is 16.8 Å². The number of carbonyl (C=O) groups excluding carboxylic acids is 1. The van der Waals surface area contributed by atoms with Gasteiger partial charge in [-0.05, 0) is 25.1 Å². The van der Waals surface area contributed by atoms with Gasteiger partial charge in [-0.15, -0.1) is 0 Å². The molecule has 0 amide bonds. The zero-order valence-electron chi connectivity index (χ0n) is 9.86. The van der Waals surface area contributed by atoms with E-state index in [1.54, 1.807) is 6.08 Å². The van der Waals surface area contributed by atoms with Gasteiger partial charge in [0.2, 0.25) is 0 Å². The van der Waals surface area contributed by atoms with E-state index in [9.17, 15) is 4.79 Å². The van der Waals surface area contributed by atoms with Crippen molar-refractivity contribution in [2.75, 3.05) is 7.11 Å². The molecule has 0 saturated carbocycles. The summed E-state index contributed by atoms with van der Waals surface area (Å²) in [5, 5.41) is 0. The van der Waals surface area contributed by atoms with Crippen molar-refractivity contribution in [3.8, 4) is 0 Å². The summed E-state index contributed by atoms with van der Waals surface area (Å²) in [7, 11) is 1.36. The van der Waals surface area contributed by atoms with Crippen molar-refractivity contribution in [2.24, 2.45) is 10.7 Å².